The van der Waals surface area contributed by atoms with Gasteiger partial charge in [0.15, 0.2) is 17.5 Å². The van der Waals surface area contributed by atoms with E-state index < -0.39 is 0 Å². The molecule has 0 atom stereocenters. The van der Waals surface area contributed by atoms with Crippen molar-refractivity contribution in [3.05, 3.63) is 186 Å². The van der Waals surface area contributed by atoms with Crippen molar-refractivity contribution in [1.29, 1.82) is 0 Å². The van der Waals surface area contributed by atoms with E-state index in [1.165, 1.54) is 38.2 Å². The molecule has 0 aliphatic carbocycles. The van der Waals surface area contributed by atoms with Crippen molar-refractivity contribution < 1.29 is 0 Å². The highest BCUT2D eigenvalue weighted by atomic mass is 16.1. The van der Waals surface area contributed by atoms with E-state index in [0.29, 0.717) is 17.5 Å². The Bertz CT molecular complexity index is 3130. The number of aromatic nitrogens is 5. The molecule has 2 aromatic heterocycles. The van der Waals surface area contributed by atoms with Crippen LogP contribution in [0.4, 0.5) is 0 Å². The zero-order valence-corrected chi connectivity index (χ0v) is 30.9. The van der Waals surface area contributed by atoms with Crippen LogP contribution in [0.5, 0.6) is 0 Å². The summed E-state index contributed by atoms with van der Waals surface area (Å²) < 4.78 is 3.36. The van der Waals surface area contributed by atoms with Gasteiger partial charge in [0.05, 0.1) is 11.0 Å². The Morgan fingerprint density at radius 3 is 1.30 bits per heavy atom. The van der Waals surface area contributed by atoms with E-state index in [-0.39, 0.29) is 5.69 Å². The third-order valence-corrected chi connectivity index (χ3v) is 10.8. The van der Waals surface area contributed by atoms with Gasteiger partial charge < -0.3 is 0 Å². The molecule has 0 aliphatic rings. The van der Waals surface area contributed by atoms with Crippen LogP contribution >= 0.6 is 0 Å². The highest BCUT2D eigenvalue weighted by Crippen LogP contribution is 2.44. The normalized spacial score (nSPS) is 11.5. The van der Waals surface area contributed by atoms with E-state index in [9.17, 15) is 4.79 Å². The minimum atomic E-state index is -0.0494. The fourth-order valence-corrected chi connectivity index (χ4v) is 8.04. The number of aryl methyl sites for hydroxylation is 2. The molecule has 0 saturated carbocycles. The largest absolute Gasteiger partial charge is 0.328 e. The molecule has 0 fully saturated rings. The predicted molar refractivity (Wildman–Crippen MR) is 229 cm³/mol. The van der Waals surface area contributed by atoms with Crippen molar-refractivity contribution >= 4 is 32.6 Å². The van der Waals surface area contributed by atoms with Crippen molar-refractivity contribution in [3.63, 3.8) is 0 Å². The SMILES string of the molecule is Cn1c(=O)n(C)c2cc(-c3cccc(-c4nc(-c5ccccc5)nc(-c5cccc(-c6c7ccccc7c(-c7ccccc7)c7ccccc67)c5)n4)c3)ccc21. The molecule has 0 N–H and O–H groups in total. The Hall–Kier alpha value is -7.44. The highest BCUT2D eigenvalue weighted by molar-refractivity contribution is 6.21. The number of fused-ring (bicyclic) bond motifs is 3. The number of nitrogens with zero attached hydrogens (tertiary/aromatic N) is 5. The Morgan fingerprint density at radius 2 is 0.732 bits per heavy atom. The number of benzene rings is 8. The number of rotatable bonds is 6. The summed E-state index contributed by atoms with van der Waals surface area (Å²) in [6.07, 6.45) is 0. The highest BCUT2D eigenvalue weighted by Gasteiger charge is 2.19. The quantitative estimate of drug-likeness (QED) is 0.160. The van der Waals surface area contributed by atoms with Crippen LogP contribution in [0.25, 0.3) is 100 Å². The second-order valence-electron chi connectivity index (χ2n) is 14.1. The van der Waals surface area contributed by atoms with Gasteiger partial charge in [-0.15, -0.1) is 0 Å². The molecule has 2 heterocycles. The van der Waals surface area contributed by atoms with E-state index in [1.807, 2.05) is 55.6 Å². The van der Waals surface area contributed by atoms with Crippen LogP contribution in [0.15, 0.2) is 181 Å². The third kappa shape index (κ3) is 5.58. The fraction of sp³-hybridized carbons (Fsp3) is 0.0400. The maximum Gasteiger partial charge on any atom is 0.328 e. The standard InChI is InChI=1S/C50H35N5O/c1-54-43-28-27-35(31-44(43)55(2)50(54)56)34-19-13-21-37(29-34)48-51-47(33-17-7-4-8-18-33)52-49(53-48)38-22-14-20-36(30-38)46-41-25-11-9-23-39(41)45(32-15-5-3-6-16-32)40-24-10-12-26-42(40)46/h3-31H,1-2H3. The molecule has 266 valence electrons. The first-order chi connectivity index (χ1) is 27.5. The van der Waals surface area contributed by atoms with Gasteiger partial charge in [-0.05, 0) is 79.2 Å². The van der Waals surface area contributed by atoms with Gasteiger partial charge in [-0.3, -0.25) is 9.13 Å². The monoisotopic (exact) mass is 721 g/mol. The molecule has 6 heteroatoms. The summed E-state index contributed by atoms with van der Waals surface area (Å²) in [5.74, 6) is 1.78. The minimum absolute atomic E-state index is 0.0494. The van der Waals surface area contributed by atoms with E-state index in [2.05, 4.69) is 127 Å². The Morgan fingerprint density at radius 1 is 0.339 bits per heavy atom. The number of hydrogen-bond donors (Lipinski definition) is 0. The average Bonchev–Trinajstić information content (AvgIpc) is 3.48. The van der Waals surface area contributed by atoms with Gasteiger partial charge in [-0.1, -0.05) is 152 Å². The Balaban J connectivity index is 1.14. The molecule has 8 aromatic carbocycles. The van der Waals surface area contributed by atoms with Gasteiger partial charge in [-0.2, -0.15) is 0 Å². The lowest BCUT2D eigenvalue weighted by molar-refractivity contribution is 0.795. The molecule has 0 spiro atoms. The van der Waals surface area contributed by atoms with Crippen molar-refractivity contribution in [3.8, 4) is 67.5 Å². The molecular weight excluding hydrogens is 687 g/mol. The van der Waals surface area contributed by atoms with Crippen LogP contribution in [0.3, 0.4) is 0 Å². The second kappa shape index (κ2) is 13.4. The summed E-state index contributed by atoms with van der Waals surface area (Å²) >= 11 is 0. The second-order valence-corrected chi connectivity index (χ2v) is 14.1. The molecule has 0 amide bonds. The zero-order chi connectivity index (χ0) is 37.8. The topological polar surface area (TPSA) is 65.6 Å². The van der Waals surface area contributed by atoms with Crippen LogP contribution < -0.4 is 5.69 Å². The summed E-state index contributed by atoms with van der Waals surface area (Å²) in [5, 5.41) is 4.79. The fourth-order valence-electron chi connectivity index (χ4n) is 8.04. The van der Waals surface area contributed by atoms with E-state index in [4.69, 9.17) is 15.0 Å². The maximum absolute atomic E-state index is 12.7. The third-order valence-electron chi connectivity index (χ3n) is 10.8. The smallest absolute Gasteiger partial charge is 0.295 e. The minimum Gasteiger partial charge on any atom is -0.295 e. The summed E-state index contributed by atoms with van der Waals surface area (Å²) in [5.41, 5.74) is 11.1. The van der Waals surface area contributed by atoms with Crippen molar-refractivity contribution in [2.24, 2.45) is 14.1 Å². The lowest BCUT2D eigenvalue weighted by Crippen LogP contribution is -2.19. The van der Waals surface area contributed by atoms with E-state index in [0.717, 1.165) is 44.4 Å². The summed E-state index contributed by atoms with van der Waals surface area (Å²) in [6, 6.07) is 61.1. The predicted octanol–water partition coefficient (Wildman–Crippen LogP) is 11.4. The van der Waals surface area contributed by atoms with E-state index in [1.54, 1.807) is 16.2 Å². The molecule has 0 bridgehead atoms. The molecular formula is C50H35N5O. The van der Waals surface area contributed by atoms with Crippen LogP contribution in [0.1, 0.15) is 0 Å². The van der Waals surface area contributed by atoms with Crippen LogP contribution in [-0.4, -0.2) is 24.1 Å². The summed E-state index contributed by atoms with van der Waals surface area (Å²) in [6.45, 7) is 0. The van der Waals surface area contributed by atoms with Gasteiger partial charge in [0.2, 0.25) is 0 Å². The van der Waals surface area contributed by atoms with Crippen molar-refractivity contribution in [2.45, 2.75) is 0 Å². The zero-order valence-electron chi connectivity index (χ0n) is 30.9. The van der Waals surface area contributed by atoms with Crippen LogP contribution in [0, 0.1) is 0 Å². The Kier molecular flexibility index (Phi) is 7.96. The molecule has 0 radical (unpaired) electrons. The number of hydrogen-bond acceptors (Lipinski definition) is 4. The average molecular weight is 722 g/mol. The Labute approximate surface area is 323 Å². The van der Waals surface area contributed by atoms with E-state index >= 15 is 0 Å². The number of imidazole rings is 1. The molecule has 6 nitrogen and oxygen atoms in total. The van der Waals surface area contributed by atoms with Crippen LogP contribution in [-0.2, 0) is 14.1 Å². The van der Waals surface area contributed by atoms with Gasteiger partial charge >= 0.3 is 5.69 Å². The lowest BCUT2D eigenvalue weighted by Gasteiger charge is -2.18. The summed E-state index contributed by atoms with van der Waals surface area (Å²) in [4.78, 5) is 27.9. The van der Waals surface area contributed by atoms with Crippen molar-refractivity contribution in [1.82, 2.24) is 24.1 Å². The maximum atomic E-state index is 12.7. The molecule has 10 rings (SSSR count). The van der Waals surface area contributed by atoms with Gasteiger partial charge in [0.25, 0.3) is 0 Å². The molecule has 0 saturated heterocycles. The molecule has 0 aliphatic heterocycles. The molecule has 56 heavy (non-hydrogen) atoms. The summed E-state index contributed by atoms with van der Waals surface area (Å²) in [7, 11) is 3.61. The van der Waals surface area contributed by atoms with Gasteiger partial charge in [0.1, 0.15) is 0 Å². The van der Waals surface area contributed by atoms with Crippen LogP contribution in [0.2, 0.25) is 0 Å². The lowest BCUT2D eigenvalue weighted by atomic mass is 9.86. The molecule has 0 unspecified atom stereocenters. The molecule has 10 aromatic rings. The first-order valence-electron chi connectivity index (χ1n) is 18.7. The first-order valence-corrected chi connectivity index (χ1v) is 18.7. The van der Waals surface area contributed by atoms with Gasteiger partial charge in [-0.25, -0.2) is 19.7 Å². The van der Waals surface area contributed by atoms with Gasteiger partial charge in [0, 0.05) is 30.8 Å². The first kappa shape index (κ1) is 33.2. The van der Waals surface area contributed by atoms with Crippen molar-refractivity contribution in [2.75, 3.05) is 0 Å².